The van der Waals surface area contributed by atoms with Crippen molar-refractivity contribution >= 4 is 44.1 Å². The van der Waals surface area contributed by atoms with Gasteiger partial charge in [0.2, 0.25) is 22.3 Å². The summed E-state index contributed by atoms with van der Waals surface area (Å²) in [5.41, 5.74) is 1.71. The fraction of sp³-hybridized carbons (Fsp3) is 0.250. The topological polar surface area (TPSA) is 284 Å². The number of fused-ring (bicyclic) bond motifs is 3. The molecule has 21 heteroatoms. The number of aliphatic hydroxyl groups excluding tert-OH is 1. The molecule has 0 aliphatic heterocycles. The molecule has 6 heterocycles. The van der Waals surface area contributed by atoms with Crippen LogP contribution in [0.4, 0.5) is 0 Å². The van der Waals surface area contributed by atoms with E-state index in [0.717, 1.165) is 16.7 Å². The zero-order valence-electron chi connectivity index (χ0n) is 42.3. The van der Waals surface area contributed by atoms with E-state index < -0.39 is 33.2 Å². The van der Waals surface area contributed by atoms with Gasteiger partial charge in [0.15, 0.2) is 0 Å². The Labute approximate surface area is 442 Å². The second-order valence-electron chi connectivity index (χ2n) is 15.9. The van der Waals surface area contributed by atoms with E-state index >= 15 is 0 Å². The molecule has 1 unspecified atom stereocenters. The Morgan fingerprint density at radius 3 is 1.15 bits per heavy atom. The maximum absolute atomic E-state index is 12.3. The van der Waals surface area contributed by atoms with Gasteiger partial charge in [-0.15, -0.1) is 0 Å². The van der Waals surface area contributed by atoms with E-state index in [4.69, 9.17) is 27.8 Å². The van der Waals surface area contributed by atoms with Crippen molar-refractivity contribution < 1.29 is 63.0 Å². The average molecular weight is 1030 g/mol. The minimum absolute atomic E-state index is 0. The summed E-state index contributed by atoms with van der Waals surface area (Å²) in [4.78, 5) is 90.5. The maximum atomic E-state index is 12.3. The Balaban J connectivity index is 0.000000221. The first-order chi connectivity index (χ1) is 34.5. The van der Waals surface area contributed by atoms with Gasteiger partial charge in [0.1, 0.15) is 28.4 Å². The summed E-state index contributed by atoms with van der Waals surface area (Å²) in [7, 11) is -1.44. The third kappa shape index (κ3) is 14.9. The van der Waals surface area contributed by atoms with Crippen LogP contribution < -0.4 is 72.6 Å². The Morgan fingerprint density at radius 1 is 0.534 bits per heavy atom. The molecule has 0 saturated heterocycles. The standard InChI is InChI=1S/2C17H16N2O4.C10H10N2O4S.C8H10O.Na.H/c2*1-3-11-9-13(20)23-16-14(11)15(21)18-17(19-16)22-10(2)12-7-5-4-6-8-12;1-3-5-4-6(13)16-9-7(5)8(14)11-10(12-9)17(2)15;1-7(9)8-5-3-2-4-6-8;;/h2*4-10H,3H2,1-2H3,(H,18,19,21);4H,3H2,1-2H3,(H,11,12,14);2-7,9H,1H3;;/q;;;;+1;-1/t2*10-;;7-;;/m11.1../s1. The van der Waals surface area contributed by atoms with Gasteiger partial charge >= 0.3 is 46.4 Å². The summed E-state index contributed by atoms with van der Waals surface area (Å²) in [6.07, 6.45) is 2.01. The number of aliphatic hydroxyl groups is 1. The smallest absolute Gasteiger partial charge is 1.00 e. The van der Waals surface area contributed by atoms with Crippen molar-refractivity contribution in [3.8, 4) is 12.0 Å². The first kappa shape index (κ1) is 56.6. The third-order valence-electron chi connectivity index (χ3n) is 10.8. The SMILES string of the molecule is CCc1cc(=O)oc2nc(O[C@H](C)c3ccccc3)[nH]c(=O)c12.CCc1cc(=O)oc2nc(O[C@H](C)c3ccccc3)[nH]c(=O)c12.CCc1cc(=O)oc2nc(S(C)=O)[nH]c(=O)c12.C[C@@H](O)c1ccccc1.[H-].[Na+]. The normalized spacial score (nSPS) is 12.3. The van der Waals surface area contributed by atoms with Crippen molar-refractivity contribution in [3.63, 3.8) is 0 Å². The number of ether oxygens (including phenoxy) is 2. The molecule has 0 saturated carbocycles. The van der Waals surface area contributed by atoms with Crippen LogP contribution >= 0.6 is 0 Å². The van der Waals surface area contributed by atoms with Crippen LogP contribution in [0.15, 0.2) is 156 Å². The number of nitrogens with zero attached hydrogens (tertiary/aromatic N) is 3. The third-order valence-corrected chi connectivity index (χ3v) is 11.6. The molecular formula is C52H53N6NaO13S. The van der Waals surface area contributed by atoms with Gasteiger partial charge in [-0.2, -0.15) is 15.0 Å². The molecule has 4 N–H and O–H groups in total. The number of benzene rings is 3. The van der Waals surface area contributed by atoms with Crippen LogP contribution in [0.25, 0.3) is 33.3 Å². The molecule has 73 heavy (non-hydrogen) atoms. The zero-order chi connectivity index (χ0) is 52.1. The van der Waals surface area contributed by atoms with Gasteiger partial charge in [-0.05, 0) is 73.4 Å². The minimum atomic E-state index is -1.44. The van der Waals surface area contributed by atoms with Crippen LogP contribution in [0.1, 0.15) is 94.7 Å². The molecule has 0 fully saturated rings. The molecule has 0 bridgehead atoms. The molecule has 6 aromatic heterocycles. The summed E-state index contributed by atoms with van der Waals surface area (Å²) < 4.78 is 37.5. The number of aromatic nitrogens is 6. The largest absolute Gasteiger partial charge is 1.00 e. The molecule has 19 nitrogen and oxygen atoms in total. The van der Waals surface area contributed by atoms with Crippen molar-refractivity contribution in [2.75, 3.05) is 6.26 Å². The van der Waals surface area contributed by atoms with E-state index in [2.05, 4.69) is 29.9 Å². The maximum Gasteiger partial charge on any atom is 1.00 e. The second kappa shape index (κ2) is 26.4. The number of aromatic amines is 3. The number of hydrogen-bond donors (Lipinski definition) is 4. The minimum Gasteiger partial charge on any atom is -1.00 e. The van der Waals surface area contributed by atoms with E-state index in [0.29, 0.717) is 36.0 Å². The van der Waals surface area contributed by atoms with Gasteiger partial charge in [0, 0.05) is 24.5 Å². The van der Waals surface area contributed by atoms with Crippen LogP contribution in [-0.2, 0) is 30.1 Å². The zero-order valence-corrected chi connectivity index (χ0v) is 44.2. The van der Waals surface area contributed by atoms with Crippen LogP contribution in [-0.4, -0.2) is 45.5 Å². The molecular weight excluding hydrogens is 972 g/mol. The predicted octanol–water partition coefficient (Wildman–Crippen LogP) is 4.19. The molecule has 0 amide bonds. The number of hydrogen-bond acceptors (Lipinski definition) is 16. The molecule has 0 aliphatic carbocycles. The molecule has 376 valence electrons. The van der Waals surface area contributed by atoms with Gasteiger partial charge < -0.3 is 29.3 Å². The van der Waals surface area contributed by atoms with E-state index in [9.17, 15) is 33.0 Å². The van der Waals surface area contributed by atoms with Crippen molar-refractivity contribution in [3.05, 3.63) is 205 Å². The first-order valence-electron chi connectivity index (χ1n) is 22.7. The van der Waals surface area contributed by atoms with Gasteiger partial charge in [-0.1, -0.05) is 112 Å². The van der Waals surface area contributed by atoms with Crippen molar-refractivity contribution in [1.29, 1.82) is 0 Å². The Bertz CT molecular complexity index is 3540. The van der Waals surface area contributed by atoms with Gasteiger partial charge in [-0.3, -0.25) is 33.5 Å². The van der Waals surface area contributed by atoms with Crippen LogP contribution in [0.3, 0.4) is 0 Å². The van der Waals surface area contributed by atoms with E-state index in [1.807, 2.05) is 126 Å². The summed E-state index contributed by atoms with van der Waals surface area (Å²) in [6, 6.07) is 32.6. The van der Waals surface area contributed by atoms with Gasteiger partial charge in [0.25, 0.3) is 28.7 Å². The molecule has 3 aromatic carbocycles. The fourth-order valence-electron chi connectivity index (χ4n) is 7.12. The molecule has 9 aromatic rings. The molecule has 0 spiro atoms. The number of aryl methyl sites for hydroxylation is 3. The van der Waals surface area contributed by atoms with E-state index in [1.54, 1.807) is 6.92 Å². The van der Waals surface area contributed by atoms with E-state index in [-0.39, 0.29) is 111 Å². The summed E-state index contributed by atoms with van der Waals surface area (Å²) in [5, 5.41) is 9.83. The van der Waals surface area contributed by atoms with E-state index in [1.165, 1.54) is 24.5 Å². The van der Waals surface area contributed by atoms with Gasteiger partial charge in [0.05, 0.1) is 16.9 Å². The van der Waals surface area contributed by atoms with Gasteiger partial charge in [-0.25, -0.2) is 14.4 Å². The molecule has 0 radical (unpaired) electrons. The monoisotopic (exact) mass is 1020 g/mol. The summed E-state index contributed by atoms with van der Waals surface area (Å²) in [6.45, 7) is 11.0. The predicted molar refractivity (Wildman–Crippen MR) is 272 cm³/mol. The van der Waals surface area contributed by atoms with Crippen LogP contribution in [0.5, 0.6) is 12.0 Å². The Hall–Kier alpha value is -7.36. The van der Waals surface area contributed by atoms with Crippen LogP contribution in [0, 0.1) is 0 Å². The number of nitrogens with one attached hydrogen (secondary N) is 3. The first-order valence-corrected chi connectivity index (χ1v) is 24.3. The quantitative estimate of drug-likeness (QED) is 0.104. The molecule has 4 atom stereocenters. The fourth-order valence-corrected chi connectivity index (χ4v) is 7.57. The summed E-state index contributed by atoms with van der Waals surface area (Å²) >= 11 is 0. The Morgan fingerprint density at radius 2 is 0.849 bits per heavy atom. The molecule has 0 aliphatic rings. The average Bonchev–Trinajstić information content (AvgIpc) is 3.36. The number of H-pyrrole nitrogens is 3. The second-order valence-corrected chi connectivity index (χ2v) is 17.2. The molecule has 9 rings (SSSR count). The van der Waals surface area contributed by atoms with Crippen molar-refractivity contribution in [2.24, 2.45) is 0 Å². The van der Waals surface area contributed by atoms with Crippen LogP contribution in [0.2, 0.25) is 0 Å². The summed E-state index contributed by atoms with van der Waals surface area (Å²) in [5.74, 6) is 0. The van der Waals surface area contributed by atoms with Crippen molar-refractivity contribution in [1.82, 2.24) is 29.9 Å². The Kier molecular flexibility index (Phi) is 20.4. The number of rotatable bonds is 11. The van der Waals surface area contributed by atoms with Crippen molar-refractivity contribution in [2.45, 2.75) is 84.3 Å².